The summed E-state index contributed by atoms with van der Waals surface area (Å²) in [5, 5.41) is 22.1. The largest absolute Gasteiger partial charge is 0.481 e. The van der Waals surface area contributed by atoms with Crippen LogP contribution in [0.3, 0.4) is 0 Å². The number of nitrogens with zero attached hydrogens (tertiary/aromatic N) is 1. The molecule has 0 aliphatic carbocycles. The zero-order chi connectivity index (χ0) is 18.1. The molecule has 0 bridgehead atoms. The average molecular weight is 373 g/mol. The lowest BCUT2D eigenvalue weighted by Gasteiger charge is -2.06. The number of nitro benzene ring substituents is 1. The molecule has 0 aliphatic rings. The van der Waals surface area contributed by atoms with Crippen LogP contribution in [0.2, 0.25) is 0 Å². The first-order valence-corrected chi connectivity index (χ1v) is 8.72. The van der Waals surface area contributed by atoms with Crippen LogP contribution in [0.15, 0.2) is 23.1 Å². The second-order valence-electron chi connectivity index (χ2n) is 4.39. The number of carbonyl (C=O) groups is 3. The summed E-state index contributed by atoms with van der Waals surface area (Å²) in [7, 11) is 0. The normalized spacial score (nSPS) is 10.2. The SMILES string of the molecule is NC(=O)c1ccc(SCC(=O)NCCSCC(=O)O)c([N+](=O)[O-])c1. The van der Waals surface area contributed by atoms with E-state index in [0.29, 0.717) is 12.3 Å². The first-order chi connectivity index (χ1) is 11.3. The molecular formula is C13H15N3O6S2. The lowest BCUT2D eigenvalue weighted by Crippen LogP contribution is -2.27. The van der Waals surface area contributed by atoms with Crippen molar-refractivity contribution in [1.82, 2.24) is 5.32 Å². The number of benzene rings is 1. The van der Waals surface area contributed by atoms with Crippen molar-refractivity contribution in [2.75, 3.05) is 23.8 Å². The summed E-state index contributed by atoms with van der Waals surface area (Å²) in [5.74, 6) is -1.65. The quantitative estimate of drug-likeness (QED) is 0.235. The van der Waals surface area contributed by atoms with Crippen LogP contribution in [0.25, 0.3) is 0 Å². The van der Waals surface area contributed by atoms with E-state index in [1.54, 1.807) is 0 Å². The summed E-state index contributed by atoms with van der Waals surface area (Å²) in [5.41, 5.74) is 4.81. The first-order valence-electron chi connectivity index (χ1n) is 6.58. The van der Waals surface area contributed by atoms with Gasteiger partial charge in [0.25, 0.3) is 5.69 Å². The molecule has 0 heterocycles. The Bertz CT molecular complexity index is 653. The summed E-state index contributed by atoms with van der Waals surface area (Å²) < 4.78 is 0. The van der Waals surface area contributed by atoms with Gasteiger partial charge in [0.1, 0.15) is 0 Å². The minimum Gasteiger partial charge on any atom is -0.481 e. The average Bonchev–Trinajstić information content (AvgIpc) is 2.51. The Kier molecular flexibility index (Phi) is 8.06. The molecule has 0 radical (unpaired) electrons. The number of aliphatic carboxylic acids is 1. The molecule has 11 heteroatoms. The van der Waals surface area contributed by atoms with Crippen molar-refractivity contribution in [1.29, 1.82) is 0 Å². The molecule has 0 saturated heterocycles. The molecule has 0 aliphatic heterocycles. The molecular weight excluding hydrogens is 358 g/mol. The Morgan fingerprint density at radius 3 is 2.58 bits per heavy atom. The van der Waals surface area contributed by atoms with Crippen LogP contribution >= 0.6 is 23.5 Å². The van der Waals surface area contributed by atoms with E-state index in [1.807, 2.05) is 0 Å². The number of rotatable bonds is 10. The number of amides is 2. The van der Waals surface area contributed by atoms with Gasteiger partial charge in [-0.25, -0.2) is 0 Å². The number of carboxylic acid groups (broad SMARTS) is 1. The Hall–Kier alpha value is -2.27. The van der Waals surface area contributed by atoms with Crippen molar-refractivity contribution >= 4 is 47.0 Å². The second-order valence-corrected chi connectivity index (χ2v) is 6.51. The highest BCUT2D eigenvalue weighted by Crippen LogP contribution is 2.29. The summed E-state index contributed by atoms with van der Waals surface area (Å²) in [4.78, 5) is 43.7. The number of hydrogen-bond acceptors (Lipinski definition) is 7. The molecule has 0 spiro atoms. The third-order valence-corrected chi connectivity index (χ3v) is 4.60. The van der Waals surface area contributed by atoms with E-state index in [1.165, 1.54) is 23.9 Å². The van der Waals surface area contributed by atoms with Crippen LogP contribution in [0.4, 0.5) is 5.69 Å². The number of nitrogens with one attached hydrogen (secondary N) is 1. The molecule has 9 nitrogen and oxygen atoms in total. The standard InChI is InChI=1S/C13H15N3O6S2/c14-13(20)8-1-2-10(9(5-8)16(21)22)24-6-11(17)15-3-4-23-7-12(18)19/h1-2,5H,3-4,6-7H2,(H2,14,20)(H,15,17)(H,18,19). The minimum absolute atomic E-state index is 0.0194. The van der Waals surface area contributed by atoms with Gasteiger partial charge >= 0.3 is 5.97 Å². The highest BCUT2D eigenvalue weighted by atomic mass is 32.2. The maximum Gasteiger partial charge on any atom is 0.313 e. The fourth-order valence-electron chi connectivity index (χ4n) is 1.55. The highest BCUT2D eigenvalue weighted by molar-refractivity contribution is 8.00. The molecule has 1 aromatic rings. The predicted octanol–water partition coefficient (Wildman–Crippen LogP) is 0.720. The summed E-state index contributed by atoms with van der Waals surface area (Å²) in [6, 6.07) is 3.81. The van der Waals surface area contributed by atoms with Gasteiger partial charge in [-0.05, 0) is 12.1 Å². The molecule has 0 atom stereocenters. The fourth-order valence-corrected chi connectivity index (χ4v) is 2.95. The van der Waals surface area contributed by atoms with Crippen LogP contribution in [-0.4, -0.2) is 51.6 Å². The van der Waals surface area contributed by atoms with Gasteiger partial charge in [-0.15, -0.1) is 23.5 Å². The fraction of sp³-hybridized carbons (Fsp3) is 0.308. The van der Waals surface area contributed by atoms with E-state index in [9.17, 15) is 24.5 Å². The Morgan fingerprint density at radius 2 is 2.00 bits per heavy atom. The molecule has 24 heavy (non-hydrogen) atoms. The van der Waals surface area contributed by atoms with E-state index >= 15 is 0 Å². The molecule has 4 N–H and O–H groups in total. The third kappa shape index (κ3) is 6.87. The van der Waals surface area contributed by atoms with Gasteiger partial charge in [0.15, 0.2) is 0 Å². The summed E-state index contributed by atoms with van der Waals surface area (Å²) in [6.07, 6.45) is 0. The van der Waals surface area contributed by atoms with Gasteiger partial charge < -0.3 is 16.2 Å². The van der Waals surface area contributed by atoms with E-state index in [0.717, 1.165) is 17.8 Å². The molecule has 0 fully saturated rings. The van der Waals surface area contributed by atoms with Gasteiger partial charge in [0.05, 0.1) is 21.3 Å². The molecule has 0 saturated carbocycles. The molecule has 0 aromatic heterocycles. The van der Waals surface area contributed by atoms with Crippen LogP contribution in [0, 0.1) is 10.1 Å². The monoisotopic (exact) mass is 373 g/mol. The van der Waals surface area contributed by atoms with Gasteiger partial charge in [0, 0.05) is 23.9 Å². The van der Waals surface area contributed by atoms with Gasteiger partial charge in [0.2, 0.25) is 11.8 Å². The van der Waals surface area contributed by atoms with Crippen molar-refractivity contribution in [3.8, 4) is 0 Å². The van der Waals surface area contributed by atoms with Crippen LogP contribution < -0.4 is 11.1 Å². The lowest BCUT2D eigenvalue weighted by atomic mass is 10.2. The smallest absolute Gasteiger partial charge is 0.313 e. The zero-order valence-electron chi connectivity index (χ0n) is 12.4. The van der Waals surface area contributed by atoms with E-state index < -0.39 is 16.8 Å². The zero-order valence-corrected chi connectivity index (χ0v) is 14.0. The van der Waals surface area contributed by atoms with Crippen LogP contribution in [-0.2, 0) is 9.59 Å². The summed E-state index contributed by atoms with van der Waals surface area (Å²) in [6.45, 7) is 0.306. The number of nitrogens with two attached hydrogens (primary N) is 1. The van der Waals surface area contributed by atoms with E-state index in [2.05, 4.69) is 5.32 Å². The second kappa shape index (κ2) is 9.78. The first kappa shape index (κ1) is 19.8. The topological polar surface area (TPSA) is 153 Å². The minimum atomic E-state index is -0.923. The number of hydrogen-bond donors (Lipinski definition) is 3. The van der Waals surface area contributed by atoms with Gasteiger partial charge in [-0.1, -0.05) is 0 Å². The number of thioether (sulfide) groups is 2. The number of primary amides is 1. The van der Waals surface area contributed by atoms with E-state index in [4.69, 9.17) is 10.8 Å². The number of carbonyl (C=O) groups excluding carboxylic acids is 2. The molecule has 1 rings (SSSR count). The van der Waals surface area contributed by atoms with Crippen LogP contribution in [0.1, 0.15) is 10.4 Å². The Balaban J connectivity index is 2.51. The number of nitro groups is 1. The van der Waals surface area contributed by atoms with Gasteiger partial charge in [-0.2, -0.15) is 0 Å². The Labute approximate surface area is 145 Å². The predicted molar refractivity (Wildman–Crippen MR) is 90.3 cm³/mol. The van der Waals surface area contributed by atoms with Crippen molar-refractivity contribution in [2.24, 2.45) is 5.73 Å². The van der Waals surface area contributed by atoms with E-state index in [-0.39, 0.29) is 33.6 Å². The van der Waals surface area contributed by atoms with Crippen LogP contribution in [0.5, 0.6) is 0 Å². The Morgan fingerprint density at radius 1 is 1.29 bits per heavy atom. The third-order valence-electron chi connectivity index (χ3n) is 2.59. The highest BCUT2D eigenvalue weighted by Gasteiger charge is 2.17. The summed E-state index contributed by atoms with van der Waals surface area (Å²) >= 11 is 2.14. The molecule has 0 unspecified atom stereocenters. The maximum absolute atomic E-state index is 11.7. The number of carboxylic acids is 1. The lowest BCUT2D eigenvalue weighted by molar-refractivity contribution is -0.387. The maximum atomic E-state index is 11.7. The van der Waals surface area contributed by atoms with Crippen molar-refractivity contribution < 1.29 is 24.4 Å². The van der Waals surface area contributed by atoms with Crippen molar-refractivity contribution in [2.45, 2.75) is 4.90 Å². The van der Waals surface area contributed by atoms with Gasteiger partial charge in [-0.3, -0.25) is 24.5 Å². The van der Waals surface area contributed by atoms with Crippen molar-refractivity contribution in [3.63, 3.8) is 0 Å². The molecule has 130 valence electrons. The molecule has 2 amide bonds. The van der Waals surface area contributed by atoms with Crippen molar-refractivity contribution in [3.05, 3.63) is 33.9 Å². The molecule has 1 aromatic carbocycles.